The van der Waals surface area contributed by atoms with Crippen LogP contribution < -0.4 is 0 Å². The molecular formula is C15H21NO. The first-order valence-corrected chi connectivity index (χ1v) is 6.19. The number of amides is 1. The molecule has 0 heterocycles. The van der Waals surface area contributed by atoms with E-state index in [1.54, 1.807) is 0 Å². The quantitative estimate of drug-likeness (QED) is 0.497. The standard InChI is InChI=1S/C15H21NO/c1-3-8-15(4-2)16(13-17)12-11-14-9-6-5-7-10-14/h4-7,9-10,13,15H,2-3,8,11-12H2,1H3. The molecule has 0 saturated heterocycles. The van der Waals surface area contributed by atoms with E-state index >= 15 is 0 Å². The molecular weight excluding hydrogens is 210 g/mol. The highest BCUT2D eigenvalue weighted by molar-refractivity contribution is 5.48. The zero-order chi connectivity index (χ0) is 12.5. The third kappa shape index (κ3) is 4.43. The largest absolute Gasteiger partial charge is 0.339 e. The summed E-state index contributed by atoms with van der Waals surface area (Å²) in [5, 5.41) is 0. The second kappa shape index (κ2) is 7.66. The summed E-state index contributed by atoms with van der Waals surface area (Å²) in [7, 11) is 0. The molecule has 1 aromatic rings. The summed E-state index contributed by atoms with van der Waals surface area (Å²) in [6.45, 7) is 6.68. The van der Waals surface area contributed by atoms with Crippen molar-refractivity contribution in [1.82, 2.24) is 4.90 Å². The monoisotopic (exact) mass is 231 g/mol. The zero-order valence-electron chi connectivity index (χ0n) is 10.5. The first-order valence-electron chi connectivity index (χ1n) is 6.19. The fraction of sp³-hybridized carbons (Fsp3) is 0.400. The maximum Gasteiger partial charge on any atom is 0.210 e. The fourth-order valence-corrected chi connectivity index (χ4v) is 1.91. The Hall–Kier alpha value is -1.57. The number of carbonyl (C=O) groups excluding carboxylic acids is 1. The third-order valence-corrected chi connectivity index (χ3v) is 2.92. The Kier molecular flexibility index (Phi) is 6.08. The van der Waals surface area contributed by atoms with Gasteiger partial charge in [0, 0.05) is 12.6 Å². The molecule has 1 atom stereocenters. The van der Waals surface area contributed by atoms with Gasteiger partial charge in [0.15, 0.2) is 0 Å². The lowest BCUT2D eigenvalue weighted by atomic mass is 10.1. The Bertz CT molecular complexity index is 334. The van der Waals surface area contributed by atoms with Crippen LogP contribution in [0.4, 0.5) is 0 Å². The van der Waals surface area contributed by atoms with E-state index in [-0.39, 0.29) is 6.04 Å². The van der Waals surface area contributed by atoms with E-state index in [9.17, 15) is 4.79 Å². The molecule has 1 unspecified atom stereocenters. The van der Waals surface area contributed by atoms with Gasteiger partial charge in [-0.15, -0.1) is 6.58 Å². The fourth-order valence-electron chi connectivity index (χ4n) is 1.91. The predicted molar refractivity (Wildman–Crippen MR) is 71.8 cm³/mol. The maximum absolute atomic E-state index is 11.1. The van der Waals surface area contributed by atoms with Crippen LogP contribution in [0.25, 0.3) is 0 Å². The lowest BCUT2D eigenvalue weighted by Gasteiger charge is -2.25. The van der Waals surface area contributed by atoms with Crippen molar-refractivity contribution >= 4 is 6.41 Å². The van der Waals surface area contributed by atoms with Crippen LogP contribution in [0.3, 0.4) is 0 Å². The van der Waals surface area contributed by atoms with Crippen LogP contribution >= 0.6 is 0 Å². The highest BCUT2D eigenvalue weighted by atomic mass is 16.1. The summed E-state index contributed by atoms with van der Waals surface area (Å²) in [4.78, 5) is 12.9. The normalized spacial score (nSPS) is 11.8. The van der Waals surface area contributed by atoms with Crippen molar-refractivity contribution in [1.29, 1.82) is 0 Å². The van der Waals surface area contributed by atoms with E-state index < -0.39 is 0 Å². The van der Waals surface area contributed by atoms with Crippen LogP contribution in [0.1, 0.15) is 25.3 Å². The van der Waals surface area contributed by atoms with Crippen molar-refractivity contribution in [3.05, 3.63) is 48.6 Å². The van der Waals surface area contributed by atoms with Crippen LogP contribution in [0.15, 0.2) is 43.0 Å². The average Bonchev–Trinajstić information content (AvgIpc) is 2.39. The minimum atomic E-state index is 0.168. The Morgan fingerprint density at radius 1 is 1.35 bits per heavy atom. The number of benzene rings is 1. The van der Waals surface area contributed by atoms with Gasteiger partial charge >= 0.3 is 0 Å². The minimum Gasteiger partial charge on any atom is -0.339 e. The summed E-state index contributed by atoms with van der Waals surface area (Å²) < 4.78 is 0. The number of rotatable bonds is 8. The van der Waals surface area contributed by atoms with Gasteiger partial charge in [0.25, 0.3) is 0 Å². The number of carbonyl (C=O) groups is 1. The molecule has 0 aliphatic heterocycles. The molecule has 1 aromatic carbocycles. The number of hydrogen-bond donors (Lipinski definition) is 0. The molecule has 2 nitrogen and oxygen atoms in total. The molecule has 0 N–H and O–H groups in total. The molecule has 0 spiro atoms. The number of nitrogens with zero attached hydrogens (tertiary/aromatic N) is 1. The smallest absolute Gasteiger partial charge is 0.210 e. The van der Waals surface area contributed by atoms with E-state index in [0.717, 1.165) is 32.2 Å². The lowest BCUT2D eigenvalue weighted by Crippen LogP contribution is -2.34. The van der Waals surface area contributed by atoms with Gasteiger partial charge in [-0.05, 0) is 18.4 Å². The highest BCUT2D eigenvalue weighted by Gasteiger charge is 2.11. The Morgan fingerprint density at radius 2 is 2.06 bits per heavy atom. The molecule has 0 aromatic heterocycles. The molecule has 17 heavy (non-hydrogen) atoms. The van der Waals surface area contributed by atoms with Crippen LogP contribution in [-0.2, 0) is 11.2 Å². The van der Waals surface area contributed by atoms with Crippen molar-refractivity contribution in [3.63, 3.8) is 0 Å². The summed E-state index contributed by atoms with van der Waals surface area (Å²) in [6.07, 6.45) is 5.74. The van der Waals surface area contributed by atoms with Crippen LogP contribution in [0.5, 0.6) is 0 Å². The number of hydrogen-bond acceptors (Lipinski definition) is 1. The zero-order valence-corrected chi connectivity index (χ0v) is 10.5. The topological polar surface area (TPSA) is 20.3 Å². The molecule has 2 heteroatoms. The van der Waals surface area contributed by atoms with Gasteiger partial charge in [0.1, 0.15) is 0 Å². The third-order valence-electron chi connectivity index (χ3n) is 2.92. The highest BCUT2D eigenvalue weighted by Crippen LogP contribution is 2.08. The summed E-state index contributed by atoms with van der Waals surface area (Å²) in [5.41, 5.74) is 1.26. The first-order chi connectivity index (χ1) is 8.31. The van der Waals surface area contributed by atoms with Gasteiger partial charge in [-0.2, -0.15) is 0 Å². The Labute approximate surface area is 104 Å². The summed E-state index contributed by atoms with van der Waals surface area (Å²) >= 11 is 0. The molecule has 0 aliphatic rings. The first kappa shape index (κ1) is 13.5. The Morgan fingerprint density at radius 3 is 2.59 bits per heavy atom. The Balaban J connectivity index is 2.52. The van der Waals surface area contributed by atoms with Gasteiger partial charge in [-0.1, -0.05) is 49.8 Å². The van der Waals surface area contributed by atoms with Gasteiger partial charge < -0.3 is 4.90 Å². The van der Waals surface area contributed by atoms with E-state index in [1.807, 2.05) is 29.2 Å². The van der Waals surface area contributed by atoms with Crippen molar-refractivity contribution in [2.24, 2.45) is 0 Å². The van der Waals surface area contributed by atoms with Crippen LogP contribution in [0.2, 0.25) is 0 Å². The SMILES string of the molecule is C=CC(CCC)N(C=O)CCc1ccccc1. The molecule has 92 valence electrons. The lowest BCUT2D eigenvalue weighted by molar-refractivity contribution is -0.119. The van der Waals surface area contributed by atoms with Gasteiger partial charge in [-0.25, -0.2) is 0 Å². The molecule has 1 rings (SSSR count). The molecule has 1 amide bonds. The molecule has 0 fully saturated rings. The molecule has 0 radical (unpaired) electrons. The van der Waals surface area contributed by atoms with Crippen molar-refractivity contribution in [2.75, 3.05) is 6.54 Å². The molecule has 0 bridgehead atoms. The van der Waals surface area contributed by atoms with E-state index in [0.29, 0.717) is 0 Å². The second-order valence-electron chi connectivity index (χ2n) is 4.17. The minimum absolute atomic E-state index is 0.168. The van der Waals surface area contributed by atoms with E-state index in [4.69, 9.17) is 0 Å². The predicted octanol–water partition coefficient (Wildman–Crippen LogP) is 3.04. The summed E-state index contributed by atoms with van der Waals surface area (Å²) in [5.74, 6) is 0. The van der Waals surface area contributed by atoms with Crippen molar-refractivity contribution in [3.8, 4) is 0 Å². The van der Waals surface area contributed by atoms with Crippen molar-refractivity contribution in [2.45, 2.75) is 32.2 Å². The van der Waals surface area contributed by atoms with E-state index in [2.05, 4.69) is 25.6 Å². The summed E-state index contributed by atoms with van der Waals surface area (Å²) in [6, 6.07) is 10.4. The van der Waals surface area contributed by atoms with Crippen molar-refractivity contribution < 1.29 is 4.79 Å². The molecule has 0 aliphatic carbocycles. The van der Waals surface area contributed by atoms with Gasteiger partial charge in [-0.3, -0.25) is 4.79 Å². The van der Waals surface area contributed by atoms with E-state index in [1.165, 1.54) is 5.56 Å². The van der Waals surface area contributed by atoms with Crippen LogP contribution in [-0.4, -0.2) is 23.9 Å². The second-order valence-corrected chi connectivity index (χ2v) is 4.17. The van der Waals surface area contributed by atoms with Gasteiger partial charge in [0.2, 0.25) is 6.41 Å². The average molecular weight is 231 g/mol. The maximum atomic E-state index is 11.1. The van der Waals surface area contributed by atoms with Crippen LogP contribution in [0, 0.1) is 0 Å². The van der Waals surface area contributed by atoms with Gasteiger partial charge in [0.05, 0.1) is 0 Å². The molecule has 0 saturated carbocycles.